The Morgan fingerprint density at radius 1 is 0.892 bits per heavy atom. The summed E-state index contributed by atoms with van der Waals surface area (Å²) in [6.07, 6.45) is 0. The molecular weight excluding hydrogens is 498 g/mol. The average Bonchev–Trinajstić information content (AvgIpc) is 3.29. The number of aryl methyl sites for hydroxylation is 3. The van der Waals surface area contributed by atoms with Crippen LogP contribution < -0.4 is 10.0 Å². The lowest BCUT2D eigenvalue weighted by Crippen LogP contribution is -2.16. The molecule has 2 aromatic carbocycles. The molecule has 4 rings (SSSR count). The van der Waals surface area contributed by atoms with Crippen LogP contribution in [0, 0.1) is 20.8 Å². The Bertz CT molecular complexity index is 1490. The number of aromatic nitrogens is 3. The Morgan fingerprint density at radius 2 is 1.46 bits per heavy atom. The lowest BCUT2D eigenvalue weighted by molar-refractivity contribution is -0.134. The van der Waals surface area contributed by atoms with E-state index in [1.54, 1.807) is 26.0 Å². The largest absolute Gasteiger partial charge is 0.481 e. The Morgan fingerprint density at radius 3 is 2.03 bits per heavy atom. The van der Waals surface area contributed by atoms with Crippen LogP contribution in [0.1, 0.15) is 34.4 Å². The van der Waals surface area contributed by atoms with Gasteiger partial charge in [-0.25, -0.2) is 23.1 Å². The van der Waals surface area contributed by atoms with Crippen molar-refractivity contribution in [3.8, 4) is 11.3 Å². The van der Waals surface area contributed by atoms with E-state index in [9.17, 15) is 13.2 Å². The van der Waals surface area contributed by atoms with Crippen molar-refractivity contribution in [3.05, 3.63) is 83.3 Å². The van der Waals surface area contributed by atoms with Crippen LogP contribution >= 0.6 is 0 Å². The first-order valence-electron chi connectivity index (χ1n) is 10.9. The molecule has 0 aliphatic rings. The zero-order valence-corrected chi connectivity index (χ0v) is 21.3. The van der Waals surface area contributed by atoms with E-state index in [2.05, 4.69) is 25.2 Å². The summed E-state index contributed by atoms with van der Waals surface area (Å²) in [5.41, 5.74) is 3.73. The number of nitrogens with zero attached hydrogens (tertiary/aromatic N) is 3. The number of carboxylic acids is 1. The number of carbonyl (C=O) groups excluding carboxylic acids is 1. The average molecular weight is 524 g/mol. The van der Waals surface area contributed by atoms with E-state index in [1.165, 1.54) is 24.3 Å². The minimum absolute atomic E-state index is 0.000271. The third-order valence-electron chi connectivity index (χ3n) is 4.71. The summed E-state index contributed by atoms with van der Waals surface area (Å²) in [5, 5.41) is 13.9. The fraction of sp³-hybridized carbons (Fsp3) is 0.160. The van der Waals surface area contributed by atoms with E-state index >= 15 is 0 Å². The van der Waals surface area contributed by atoms with Crippen LogP contribution in [0.2, 0.25) is 0 Å². The minimum atomic E-state index is -3.89. The molecule has 12 heteroatoms. The van der Waals surface area contributed by atoms with Gasteiger partial charge in [0.1, 0.15) is 0 Å². The van der Waals surface area contributed by atoms with Gasteiger partial charge in [0.25, 0.3) is 21.9 Å². The number of carbonyl (C=O) groups is 2. The molecule has 2 heterocycles. The first-order valence-corrected chi connectivity index (χ1v) is 12.4. The molecule has 0 spiro atoms. The molecule has 37 heavy (non-hydrogen) atoms. The highest BCUT2D eigenvalue weighted by atomic mass is 32.2. The van der Waals surface area contributed by atoms with Crippen LogP contribution in [-0.4, -0.2) is 40.5 Å². The Balaban J connectivity index is 0.000000886. The van der Waals surface area contributed by atoms with E-state index in [0.29, 0.717) is 22.8 Å². The fourth-order valence-corrected chi connectivity index (χ4v) is 4.04. The van der Waals surface area contributed by atoms with Gasteiger partial charge in [-0.2, -0.15) is 0 Å². The van der Waals surface area contributed by atoms with Crippen LogP contribution in [0.5, 0.6) is 0 Å². The van der Waals surface area contributed by atoms with Crippen molar-refractivity contribution in [1.29, 1.82) is 0 Å². The molecule has 192 valence electrons. The number of amides is 1. The van der Waals surface area contributed by atoms with E-state index in [4.69, 9.17) is 14.4 Å². The van der Waals surface area contributed by atoms with Crippen molar-refractivity contribution in [1.82, 2.24) is 15.1 Å². The number of anilines is 2. The summed E-state index contributed by atoms with van der Waals surface area (Å²) < 4.78 is 32.9. The molecule has 3 N–H and O–H groups in total. The normalized spacial score (nSPS) is 10.7. The van der Waals surface area contributed by atoms with Crippen molar-refractivity contribution in [2.45, 2.75) is 32.6 Å². The second-order valence-electron chi connectivity index (χ2n) is 8.02. The Kier molecular flexibility index (Phi) is 8.35. The predicted molar refractivity (Wildman–Crippen MR) is 137 cm³/mol. The summed E-state index contributed by atoms with van der Waals surface area (Å²) in [5.74, 6) is -0.837. The molecule has 4 aromatic rings. The molecule has 0 aliphatic carbocycles. The molecule has 0 bridgehead atoms. The topological polar surface area (TPSA) is 164 Å². The second kappa shape index (κ2) is 11.4. The summed E-state index contributed by atoms with van der Waals surface area (Å²) in [6, 6.07) is 16.7. The molecule has 2 aromatic heterocycles. The van der Waals surface area contributed by atoms with Crippen molar-refractivity contribution < 1.29 is 27.6 Å². The SMILES string of the molecule is CC(=O)O.Cc1ccc(-c2cc(C(=O)Nc3ccc(S(=O)(=O)Nc4nc(C)cc(C)n4)cc3)no2)cc1. The Hall–Kier alpha value is -4.58. The monoisotopic (exact) mass is 523 g/mol. The number of benzene rings is 2. The first kappa shape index (κ1) is 27.0. The summed E-state index contributed by atoms with van der Waals surface area (Å²) >= 11 is 0. The number of carboxylic acid groups (broad SMARTS) is 1. The lowest BCUT2D eigenvalue weighted by atomic mass is 10.1. The first-order chi connectivity index (χ1) is 17.4. The number of rotatable bonds is 6. The molecule has 0 unspecified atom stereocenters. The molecule has 0 aliphatic heterocycles. The van der Waals surface area contributed by atoms with E-state index in [0.717, 1.165) is 18.1 Å². The smallest absolute Gasteiger partial charge is 0.300 e. The fourth-order valence-electron chi connectivity index (χ4n) is 3.10. The molecule has 1 amide bonds. The quantitative estimate of drug-likeness (QED) is 0.336. The van der Waals surface area contributed by atoms with Gasteiger partial charge >= 0.3 is 0 Å². The van der Waals surface area contributed by atoms with E-state index < -0.39 is 21.9 Å². The summed E-state index contributed by atoms with van der Waals surface area (Å²) in [7, 11) is -3.89. The van der Waals surface area contributed by atoms with Gasteiger partial charge < -0.3 is 14.9 Å². The van der Waals surface area contributed by atoms with Crippen LogP contribution in [-0.2, 0) is 14.8 Å². The molecule has 0 saturated carbocycles. The number of aliphatic carboxylic acids is 1. The van der Waals surface area contributed by atoms with Crippen molar-refractivity contribution in [2.75, 3.05) is 10.0 Å². The van der Waals surface area contributed by atoms with Crippen molar-refractivity contribution in [2.24, 2.45) is 0 Å². The highest BCUT2D eigenvalue weighted by Gasteiger charge is 2.18. The van der Waals surface area contributed by atoms with Gasteiger partial charge in [-0.3, -0.25) is 9.59 Å². The number of nitrogens with one attached hydrogen (secondary N) is 2. The molecule has 11 nitrogen and oxygen atoms in total. The van der Waals surface area contributed by atoms with Crippen LogP contribution in [0.3, 0.4) is 0 Å². The Labute approximate surface area is 213 Å². The standard InChI is InChI=1S/C23H21N5O4S.C2H4O2/c1-14-4-6-17(7-5-14)21-13-20(27-32-21)22(29)26-18-8-10-19(11-9-18)33(30,31)28-23-24-15(2)12-16(3)25-23;1-2(3)4/h4-13H,1-3H3,(H,26,29)(H,24,25,28);1H3,(H,3,4). The molecular formula is C25H25N5O6S. The van der Waals surface area contributed by atoms with Crippen LogP contribution in [0.4, 0.5) is 11.6 Å². The zero-order chi connectivity index (χ0) is 27.2. The van der Waals surface area contributed by atoms with Gasteiger partial charge in [0.15, 0.2) is 11.5 Å². The summed E-state index contributed by atoms with van der Waals surface area (Å²) in [4.78, 5) is 29.7. The molecule has 0 saturated heterocycles. The highest BCUT2D eigenvalue weighted by molar-refractivity contribution is 7.92. The highest BCUT2D eigenvalue weighted by Crippen LogP contribution is 2.22. The zero-order valence-electron chi connectivity index (χ0n) is 20.5. The van der Waals surface area contributed by atoms with E-state index in [-0.39, 0.29) is 16.5 Å². The van der Waals surface area contributed by atoms with Crippen LogP contribution in [0.15, 0.2) is 70.1 Å². The predicted octanol–water partition coefficient (Wildman–Crippen LogP) is 4.20. The number of hydrogen-bond donors (Lipinski definition) is 3. The third kappa shape index (κ3) is 7.70. The van der Waals surface area contributed by atoms with Gasteiger partial charge in [-0.05, 0) is 51.1 Å². The minimum Gasteiger partial charge on any atom is -0.481 e. The van der Waals surface area contributed by atoms with Gasteiger partial charge in [0.2, 0.25) is 5.95 Å². The number of hydrogen-bond acceptors (Lipinski definition) is 8. The number of sulfonamides is 1. The maximum absolute atomic E-state index is 12.6. The van der Waals surface area contributed by atoms with Gasteiger partial charge in [-0.1, -0.05) is 35.0 Å². The second-order valence-corrected chi connectivity index (χ2v) is 9.70. The lowest BCUT2D eigenvalue weighted by Gasteiger charge is -2.09. The van der Waals surface area contributed by atoms with Gasteiger partial charge in [0.05, 0.1) is 4.90 Å². The van der Waals surface area contributed by atoms with Crippen molar-refractivity contribution in [3.63, 3.8) is 0 Å². The maximum Gasteiger partial charge on any atom is 0.300 e. The maximum atomic E-state index is 12.6. The summed E-state index contributed by atoms with van der Waals surface area (Å²) in [6.45, 7) is 6.57. The molecule has 0 radical (unpaired) electrons. The van der Waals surface area contributed by atoms with E-state index in [1.807, 2.05) is 31.2 Å². The van der Waals surface area contributed by atoms with Crippen LogP contribution in [0.25, 0.3) is 11.3 Å². The van der Waals surface area contributed by atoms with Gasteiger partial charge in [-0.15, -0.1) is 0 Å². The third-order valence-corrected chi connectivity index (χ3v) is 6.05. The van der Waals surface area contributed by atoms with Crippen molar-refractivity contribution >= 4 is 33.5 Å². The van der Waals surface area contributed by atoms with Gasteiger partial charge in [0, 0.05) is 35.6 Å². The molecule has 0 fully saturated rings. The molecule has 0 atom stereocenters.